The molecule has 1 aromatic heterocycles. The van der Waals surface area contributed by atoms with Crippen LogP contribution in [0.5, 0.6) is 0 Å². The Hall–Kier alpha value is -0.670. The maximum atomic E-state index is 5.67. The Morgan fingerprint density at radius 3 is 3.00 bits per heavy atom. The van der Waals surface area contributed by atoms with Crippen LogP contribution in [0.15, 0.2) is 18.3 Å². The average Bonchev–Trinajstić information content (AvgIpc) is 2.12. The van der Waals surface area contributed by atoms with Gasteiger partial charge in [-0.2, -0.15) is 12.6 Å². The van der Waals surface area contributed by atoms with Gasteiger partial charge in [0.2, 0.25) is 0 Å². The largest absolute Gasteiger partial charge is 0.396 e. The minimum absolute atomic E-state index is 0.353. The van der Waals surface area contributed by atoms with Crippen LogP contribution in [-0.4, -0.2) is 10.7 Å². The van der Waals surface area contributed by atoms with Crippen molar-refractivity contribution >= 4 is 36.0 Å². The highest BCUT2D eigenvalue weighted by atomic mass is 35.5. The number of pyridine rings is 1. The van der Waals surface area contributed by atoms with E-state index in [-0.39, 0.29) is 0 Å². The summed E-state index contributed by atoms with van der Waals surface area (Å²) in [6.45, 7) is 0. The molecular weight excluding hydrogens is 204 g/mol. The van der Waals surface area contributed by atoms with Crippen molar-refractivity contribution in [3.8, 4) is 0 Å². The normalized spacial score (nSPS) is 10.9. The zero-order valence-corrected chi connectivity index (χ0v) is 8.72. The van der Waals surface area contributed by atoms with Gasteiger partial charge in [-0.3, -0.25) is 0 Å². The maximum Gasteiger partial charge on any atom is 0.151 e. The van der Waals surface area contributed by atoms with Crippen molar-refractivity contribution in [3.63, 3.8) is 0 Å². The van der Waals surface area contributed by atoms with E-state index < -0.39 is 0 Å². The Bertz CT molecular complexity index is 312. The third-order valence-electron chi connectivity index (χ3n) is 1.49. The summed E-state index contributed by atoms with van der Waals surface area (Å²) in [5, 5.41) is 0.353. The monoisotopic (exact) mass is 214 g/mol. The van der Waals surface area contributed by atoms with Gasteiger partial charge >= 0.3 is 0 Å². The predicted molar refractivity (Wildman–Crippen MR) is 61.2 cm³/mol. The third-order valence-corrected chi connectivity index (χ3v) is 2.07. The molecule has 2 N–H and O–H groups in total. The zero-order valence-electron chi connectivity index (χ0n) is 7.07. The first kappa shape index (κ1) is 10.4. The van der Waals surface area contributed by atoms with Crippen LogP contribution in [0.4, 0.5) is 5.69 Å². The smallest absolute Gasteiger partial charge is 0.151 e. The second kappa shape index (κ2) is 5.14. The number of thiol groups is 1. The Labute approximate surface area is 88.2 Å². The van der Waals surface area contributed by atoms with E-state index in [9.17, 15) is 0 Å². The molecule has 1 rings (SSSR count). The van der Waals surface area contributed by atoms with Gasteiger partial charge in [0.25, 0.3) is 0 Å². The number of hydrogen-bond donors (Lipinski definition) is 2. The van der Waals surface area contributed by atoms with Gasteiger partial charge in [0.05, 0.1) is 5.69 Å². The maximum absolute atomic E-state index is 5.67. The number of rotatable bonds is 3. The molecule has 0 aromatic carbocycles. The lowest BCUT2D eigenvalue weighted by molar-refractivity contribution is 1.26. The quantitative estimate of drug-likeness (QED) is 0.600. The summed E-state index contributed by atoms with van der Waals surface area (Å²) >= 11 is 9.76. The van der Waals surface area contributed by atoms with Crippen molar-refractivity contribution in [2.24, 2.45) is 0 Å². The molecular formula is C9H11ClN2S. The fraction of sp³-hybridized carbons (Fsp3) is 0.222. The number of nitrogens with zero attached hydrogens (tertiary/aromatic N) is 1. The number of allylic oxidation sites excluding steroid dienone is 1. The summed E-state index contributed by atoms with van der Waals surface area (Å²) in [5.41, 5.74) is 7.05. The van der Waals surface area contributed by atoms with Crippen molar-refractivity contribution in [2.45, 2.75) is 6.42 Å². The van der Waals surface area contributed by atoms with Gasteiger partial charge in [-0.25, -0.2) is 4.98 Å². The van der Waals surface area contributed by atoms with Gasteiger partial charge in [-0.1, -0.05) is 23.8 Å². The lowest BCUT2D eigenvalue weighted by atomic mass is 10.2. The number of aromatic nitrogens is 1. The summed E-state index contributed by atoms with van der Waals surface area (Å²) < 4.78 is 0. The summed E-state index contributed by atoms with van der Waals surface area (Å²) in [7, 11) is 0. The first-order valence-electron chi connectivity index (χ1n) is 3.92. The fourth-order valence-electron chi connectivity index (χ4n) is 0.867. The highest BCUT2D eigenvalue weighted by Crippen LogP contribution is 2.16. The molecule has 0 fully saturated rings. The van der Waals surface area contributed by atoms with Crippen molar-refractivity contribution in [2.75, 3.05) is 11.5 Å². The molecule has 13 heavy (non-hydrogen) atoms. The number of nitrogens with two attached hydrogens (primary N) is 1. The molecule has 0 aliphatic heterocycles. The third kappa shape index (κ3) is 3.28. The second-order valence-electron chi connectivity index (χ2n) is 2.56. The van der Waals surface area contributed by atoms with Crippen LogP contribution in [0.2, 0.25) is 5.15 Å². The van der Waals surface area contributed by atoms with Gasteiger partial charge < -0.3 is 5.73 Å². The lowest BCUT2D eigenvalue weighted by Gasteiger charge is -1.97. The molecule has 0 aliphatic rings. The summed E-state index contributed by atoms with van der Waals surface area (Å²) in [6, 6.07) is 1.80. The minimum atomic E-state index is 0.353. The molecule has 0 atom stereocenters. The van der Waals surface area contributed by atoms with Crippen molar-refractivity contribution in [1.82, 2.24) is 4.98 Å². The molecule has 1 heterocycles. The first-order valence-corrected chi connectivity index (χ1v) is 4.93. The summed E-state index contributed by atoms with van der Waals surface area (Å²) in [6.07, 6.45) is 6.60. The Kier molecular flexibility index (Phi) is 4.12. The molecule has 0 bridgehead atoms. The van der Waals surface area contributed by atoms with E-state index in [2.05, 4.69) is 17.6 Å². The molecule has 0 aliphatic carbocycles. The fourth-order valence-corrected chi connectivity index (χ4v) is 1.12. The van der Waals surface area contributed by atoms with Crippen LogP contribution in [0.25, 0.3) is 6.08 Å². The lowest BCUT2D eigenvalue weighted by Crippen LogP contribution is -1.89. The second-order valence-corrected chi connectivity index (χ2v) is 3.37. The average molecular weight is 215 g/mol. The van der Waals surface area contributed by atoms with E-state index in [4.69, 9.17) is 17.3 Å². The number of nitrogen functional groups attached to an aromatic ring is 1. The zero-order chi connectivity index (χ0) is 9.68. The van der Waals surface area contributed by atoms with Crippen LogP contribution in [-0.2, 0) is 0 Å². The van der Waals surface area contributed by atoms with Crippen LogP contribution in [0.3, 0.4) is 0 Å². The van der Waals surface area contributed by atoms with Crippen LogP contribution >= 0.6 is 24.2 Å². The van der Waals surface area contributed by atoms with E-state index in [1.54, 1.807) is 12.3 Å². The van der Waals surface area contributed by atoms with Gasteiger partial charge in [-0.05, 0) is 23.8 Å². The molecule has 0 radical (unpaired) electrons. The molecule has 1 aromatic rings. The summed E-state index contributed by atoms with van der Waals surface area (Å²) in [4.78, 5) is 3.93. The standard InChI is InChI=1S/C9H11ClN2S/c10-9-8(11)5-7(6-12-9)3-1-2-4-13/h1,3,5-6,13H,2,4,11H2. The van der Waals surface area contributed by atoms with Crippen LogP contribution in [0, 0.1) is 0 Å². The van der Waals surface area contributed by atoms with E-state index in [0.29, 0.717) is 10.8 Å². The van der Waals surface area contributed by atoms with Crippen LogP contribution < -0.4 is 5.73 Å². The van der Waals surface area contributed by atoms with E-state index in [1.165, 1.54) is 0 Å². The minimum Gasteiger partial charge on any atom is -0.396 e. The van der Waals surface area contributed by atoms with Crippen molar-refractivity contribution in [1.29, 1.82) is 0 Å². The van der Waals surface area contributed by atoms with E-state index >= 15 is 0 Å². The highest BCUT2D eigenvalue weighted by Gasteiger charge is 1.95. The molecule has 0 unspecified atom stereocenters. The van der Waals surface area contributed by atoms with Crippen molar-refractivity contribution < 1.29 is 0 Å². The Morgan fingerprint density at radius 1 is 1.62 bits per heavy atom. The van der Waals surface area contributed by atoms with Gasteiger partial charge in [0, 0.05) is 6.20 Å². The summed E-state index contributed by atoms with van der Waals surface area (Å²) in [5.74, 6) is 0.840. The molecule has 2 nitrogen and oxygen atoms in total. The Morgan fingerprint density at radius 2 is 2.38 bits per heavy atom. The van der Waals surface area contributed by atoms with Crippen LogP contribution in [0.1, 0.15) is 12.0 Å². The first-order chi connectivity index (χ1) is 6.24. The highest BCUT2D eigenvalue weighted by molar-refractivity contribution is 7.80. The molecule has 0 saturated heterocycles. The predicted octanol–water partition coefficient (Wildman–Crippen LogP) is 2.65. The van der Waals surface area contributed by atoms with Gasteiger partial charge in [-0.15, -0.1) is 0 Å². The number of hydrogen-bond acceptors (Lipinski definition) is 3. The van der Waals surface area contributed by atoms with Gasteiger partial charge in [0.1, 0.15) is 0 Å². The number of halogens is 1. The molecule has 4 heteroatoms. The van der Waals surface area contributed by atoms with Gasteiger partial charge in [0.15, 0.2) is 5.15 Å². The SMILES string of the molecule is Nc1cc(C=CCCS)cnc1Cl. The number of anilines is 1. The molecule has 0 saturated carbocycles. The topological polar surface area (TPSA) is 38.9 Å². The molecule has 0 spiro atoms. The Balaban J connectivity index is 2.73. The van der Waals surface area contributed by atoms with Crippen molar-refractivity contribution in [3.05, 3.63) is 29.1 Å². The van der Waals surface area contributed by atoms with E-state index in [0.717, 1.165) is 17.7 Å². The molecule has 70 valence electrons. The molecule has 0 amide bonds. The van der Waals surface area contributed by atoms with E-state index in [1.807, 2.05) is 12.2 Å².